The molecule has 0 radical (unpaired) electrons. The van der Waals surface area contributed by atoms with Crippen LogP contribution in [0.25, 0.3) is 0 Å². The lowest BCUT2D eigenvalue weighted by Gasteiger charge is -2.40. The van der Waals surface area contributed by atoms with E-state index in [1.807, 2.05) is 4.90 Å². The maximum absolute atomic E-state index is 15.2. The molecule has 44 heavy (non-hydrogen) atoms. The standard InChI is InChI=1S/C32H34ClF2NO6S2/c33-25-4-7-28(8-5-25)44(40,41)32(29-22-26(34)6-9-30(29)35)12-10-23(11-13-32)20-31(37)24-2-1-3-27(21-24)42-17-14-36-15-18-43(38,39)19-16-36/h1-9,21-23H,10-20H2. The molecule has 3 aromatic carbocycles. The molecule has 0 N–H and O–H groups in total. The van der Waals surface area contributed by atoms with Gasteiger partial charge in [-0.1, -0.05) is 23.7 Å². The number of ether oxygens (including phenoxy) is 1. The van der Waals surface area contributed by atoms with Gasteiger partial charge in [0.05, 0.1) is 16.4 Å². The van der Waals surface area contributed by atoms with E-state index in [0.717, 1.165) is 18.2 Å². The van der Waals surface area contributed by atoms with Gasteiger partial charge >= 0.3 is 0 Å². The number of hydrogen-bond donors (Lipinski definition) is 0. The van der Waals surface area contributed by atoms with E-state index in [0.29, 0.717) is 55.4 Å². The molecule has 3 aromatic rings. The highest BCUT2D eigenvalue weighted by atomic mass is 35.5. The van der Waals surface area contributed by atoms with Crippen molar-refractivity contribution < 1.29 is 35.1 Å². The second-order valence-corrected chi connectivity index (χ2v) is 16.5. The fourth-order valence-corrected chi connectivity index (χ4v) is 9.69. The number of nitrogens with zero attached hydrogens (tertiary/aromatic N) is 1. The van der Waals surface area contributed by atoms with E-state index in [1.165, 1.54) is 24.3 Å². The van der Waals surface area contributed by atoms with Crippen molar-refractivity contribution in [2.24, 2.45) is 5.92 Å². The Balaban J connectivity index is 1.26. The lowest BCUT2D eigenvalue weighted by Crippen LogP contribution is -2.42. The van der Waals surface area contributed by atoms with Crippen molar-refractivity contribution in [1.29, 1.82) is 0 Å². The van der Waals surface area contributed by atoms with Crippen LogP contribution >= 0.6 is 11.6 Å². The number of carbonyl (C=O) groups excluding carboxylic acids is 1. The minimum atomic E-state index is -4.17. The molecule has 0 bridgehead atoms. The first kappa shape index (κ1) is 32.5. The number of sulfone groups is 2. The molecule has 0 amide bonds. The van der Waals surface area contributed by atoms with Crippen LogP contribution in [0.2, 0.25) is 5.02 Å². The van der Waals surface area contributed by atoms with Gasteiger partial charge in [0.25, 0.3) is 0 Å². The van der Waals surface area contributed by atoms with Crippen molar-refractivity contribution in [2.45, 2.75) is 41.7 Å². The van der Waals surface area contributed by atoms with Gasteiger partial charge in [0.2, 0.25) is 0 Å². The molecule has 12 heteroatoms. The minimum Gasteiger partial charge on any atom is -0.492 e. The summed E-state index contributed by atoms with van der Waals surface area (Å²) in [6.07, 6.45) is 0.884. The number of rotatable bonds is 10. The van der Waals surface area contributed by atoms with E-state index in [9.17, 15) is 26.0 Å². The van der Waals surface area contributed by atoms with Crippen LogP contribution in [0.15, 0.2) is 71.6 Å². The normalized spacial score (nSPS) is 22.4. The zero-order valence-corrected chi connectivity index (χ0v) is 26.4. The Kier molecular flexibility index (Phi) is 9.79. The maximum atomic E-state index is 15.2. The van der Waals surface area contributed by atoms with Gasteiger partial charge < -0.3 is 4.74 Å². The summed E-state index contributed by atoms with van der Waals surface area (Å²) in [5.41, 5.74) is 0.265. The Labute approximate surface area is 262 Å². The van der Waals surface area contributed by atoms with Crippen molar-refractivity contribution in [3.63, 3.8) is 0 Å². The predicted molar refractivity (Wildman–Crippen MR) is 165 cm³/mol. The second-order valence-electron chi connectivity index (χ2n) is 11.5. The third kappa shape index (κ3) is 7.17. The number of ketones is 1. The molecule has 1 aliphatic carbocycles. The smallest absolute Gasteiger partial charge is 0.188 e. The van der Waals surface area contributed by atoms with E-state index in [4.69, 9.17) is 16.3 Å². The van der Waals surface area contributed by atoms with E-state index in [2.05, 4.69) is 0 Å². The van der Waals surface area contributed by atoms with Crippen LogP contribution in [0.3, 0.4) is 0 Å². The maximum Gasteiger partial charge on any atom is 0.188 e. The molecule has 0 unspecified atom stereocenters. The molecule has 1 saturated carbocycles. The summed E-state index contributed by atoms with van der Waals surface area (Å²) >= 11 is 5.97. The molecule has 1 saturated heterocycles. The molecule has 1 aliphatic heterocycles. The Morgan fingerprint density at radius 1 is 0.977 bits per heavy atom. The van der Waals surface area contributed by atoms with Crippen LogP contribution < -0.4 is 4.74 Å². The molecule has 2 aliphatic rings. The Morgan fingerprint density at radius 3 is 2.34 bits per heavy atom. The molecule has 5 rings (SSSR count). The molecule has 7 nitrogen and oxygen atoms in total. The third-order valence-electron chi connectivity index (χ3n) is 8.71. The highest BCUT2D eigenvalue weighted by Gasteiger charge is 2.50. The minimum absolute atomic E-state index is 0.0250. The molecule has 0 atom stereocenters. The Bertz CT molecular complexity index is 1710. The van der Waals surface area contributed by atoms with Crippen molar-refractivity contribution in [1.82, 2.24) is 4.90 Å². The number of benzene rings is 3. The van der Waals surface area contributed by atoms with Crippen LogP contribution in [0, 0.1) is 17.6 Å². The summed E-state index contributed by atoms with van der Waals surface area (Å²) in [5.74, 6) is -0.971. The first-order valence-electron chi connectivity index (χ1n) is 14.5. The van der Waals surface area contributed by atoms with Crippen molar-refractivity contribution >= 4 is 37.1 Å². The van der Waals surface area contributed by atoms with Crippen LogP contribution in [0.4, 0.5) is 8.78 Å². The van der Waals surface area contributed by atoms with Gasteiger partial charge in [0.15, 0.2) is 25.5 Å². The molecular formula is C32H34ClF2NO6S2. The zero-order valence-electron chi connectivity index (χ0n) is 24.1. The van der Waals surface area contributed by atoms with Crippen molar-refractivity contribution in [3.8, 4) is 5.75 Å². The third-order valence-corrected chi connectivity index (χ3v) is 13.1. The molecule has 0 aromatic heterocycles. The average molecular weight is 666 g/mol. The average Bonchev–Trinajstić information content (AvgIpc) is 3.00. The first-order valence-corrected chi connectivity index (χ1v) is 18.2. The van der Waals surface area contributed by atoms with Gasteiger partial charge in [-0.2, -0.15) is 0 Å². The summed E-state index contributed by atoms with van der Waals surface area (Å²) in [6, 6.07) is 15.4. The lowest BCUT2D eigenvalue weighted by atomic mass is 9.75. The molecule has 236 valence electrons. The van der Waals surface area contributed by atoms with Gasteiger partial charge in [0.1, 0.15) is 28.7 Å². The summed E-state index contributed by atoms with van der Waals surface area (Å²) in [7, 11) is -7.12. The summed E-state index contributed by atoms with van der Waals surface area (Å²) < 4.78 is 85.0. The number of hydrogen-bond acceptors (Lipinski definition) is 7. The monoisotopic (exact) mass is 665 g/mol. The van der Waals surface area contributed by atoms with E-state index < -0.39 is 36.1 Å². The number of carbonyl (C=O) groups is 1. The molecule has 2 fully saturated rings. The second kappa shape index (κ2) is 13.2. The highest BCUT2D eigenvalue weighted by molar-refractivity contribution is 7.92. The summed E-state index contributed by atoms with van der Waals surface area (Å²) in [5, 5.41) is 0.353. The zero-order chi connectivity index (χ0) is 31.5. The van der Waals surface area contributed by atoms with Crippen LogP contribution in [0.1, 0.15) is 48.0 Å². The Hall–Kier alpha value is -2.86. The number of Topliss-reactive ketones (excluding diaryl/α,β-unsaturated/α-hetero) is 1. The lowest BCUT2D eigenvalue weighted by molar-refractivity contribution is 0.0944. The van der Waals surface area contributed by atoms with E-state index in [1.54, 1.807) is 24.3 Å². The SMILES string of the molecule is O=C(CC1CCC(c2cc(F)ccc2F)(S(=O)(=O)c2ccc(Cl)cc2)CC1)c1cccc(OCCN2CCS(=O)(=O)CC2)c1. The largest absolute Gasteiger partial charge is 0.492 e. The molecular weight excluding hydrogens is 632 g/mol. The molecule has 0 spiro atoms. The van der Waals surface area contributed by atoms with Gasteiger partial charge in [-0.3, -0.25) is 9.69 Å². The Morgan fingerprint density at radius 2 is 1.66 bits per heavy atom. The van der Waals surface area contributed by atoms with E-state index >= 15 is 4.39 Å². The fraction of sp³-hybridized carbons (Fsp3) is 0.406. The predicted octanol–water partition coefficient (Wildman–Crippen LogP) is 5.86. The topological polar surface area (TPSA) is 97.8 Å². The fourth-order valence-electron chi connectivity index (χ4n) is 6.12. The molecule has 1 heterocycles. The summed E-state index contributed by atoms with van der Waals surface area (Å²) in [4.78, 5) is 15.3. The van der Waals surface area contributed by atoms with Crippen LogP contribution in [-0.4, -0.2) is 65.3 Å². The van der Waals surface area contributed by atoms with E-state index in [-0.39, 0.29) is 52.9 Å². The van der Waals surface area contributed by atoms with Crippen LogP contribution in [0.5, 0.6) is 5.75 Å². The van der Waals surface area contributed by atoms with Gasteiger partial charge in [-0.05, 0) is 86.2 Å². The summed E-state index contributed by atoms with van der Waals surface area (Å²) in [6.45, 7) is 1.86. The van der Waals surface area contributed by atoms with Gasteiger partial charge in [0, 0.05) is 42.2 Å². The van der Waals surface area contributed by atoms with Crippen molar-refractivity contribution in [2.75, 3.05) is 37.7 Å². The quantitative estimate of drug-likeness (QED) is 0.250. The number of halogens is 3. The van der Waals surface area contributed by atoms with Gasteiger partial charge in [-0.25, -0.2) is 25.6 Å². The van der Waals surface area contributed by atoms with Gasteiger partial charge in [-0.15, -0.1) is 0 Å². The highest BCUT2D eigenvalue weighted by Crippen LogP contribution is 2.50. The first-order chi connectivity index (χ1) is 20.9. The van der Waals surface area contributed by atoms with Crippen molar-refractivity contribution in [3.05, 3.63) is 94.5 Å². The van der Waals surface area contributed by atoms with Crippen LogP contribution in [-0.2, 0) is 24.4 Å².